The highest BCUT2D eigenvalue weighted by Crippen LogP contribution is 2.42. The molecule has 0 aliphatic carbocycles. The Kier molecular flexibility index (Phi) is 3.70. The molecular formula is C17H14O5. The zero-order valence-corrected chi connectivity index (χ0v) is 11.9. The molecule has 0 unspecified atom stereocenters. The van der Waals surface area contributed by atoms with Gasteiger partial charge in [0, 0.05) is 0 Å². The van der Waals surface area contributed by atoms with Gasteiger partial charge in [-0.3, -0.25) is 4.79 Å². The molecular weight excluding hydrogens is 284 g/mol. The van der Waals surface area contributed by atoms with E-state index >= 15 is 0 Å². The predicted octanol–water partition coefficient (Wildman–Crippen LogP) is 3.03. The van der Waals surface area contributed by atoms with Crippen molar-refractivity contribution in [3.63, 3.8) is 0 Å². The van der Waals surface area contributed by atoms with Crippen molar-refractivity contribution in [2.75, 3.05) is 13.9 Å². The van der Waals surface area contributed by atoms with Gasteiger partial charge < -0.3 is 19.3 Å². The highest BCUT2D eigenvalue weighted by atomic mass is 16.7. The topological polar surface area (TPSA) is 65.0 Å². The fraction of sp³-hybridized carbons (Fsp3) is 0.118. The van der Waals surface area contributed by atoms with E-state index in [0.717, 1.165) is 11.3 Å². The molecule has 0 bridgehead atoms. The first kappa shape index (κ1) is 14.0. The monoisotopic (exact) mass is 298 g/mol. The number of hydrogen-bond donors (Lipinski definition) is 1. The molecule has 22 heavy (non-hydrogen) atoms. The number of phenols is 1. The number of benzene rings is 2. The van der Waals surface area contributed by atoms with Crippen LogP contribution in [0, 0.1) is 0 Å². The molecule has 1 aliphatic rings. The van der Waals surface area contributed by atoms with Crippen LogP contribution in [0.4, 0.5) is 0 Å². The van der Waals surface area contributed by atoms with Gasteiger partial charge in [0.2, 0.25) is 12.5 Å². The molecule has 1 N–H and O–H groups in total. The Morgan fingerprint density at radius 2 is 1.95 bits per heavy atom. The van der Waals surface area contributed by atoms with Crippen molar-refractivity contribution in [3.05, 3.63) is 53.6 Å². The molecule has 0 fully saturated rings. The van der Waals surface area contributed by atoms with E-state index in [0.29, 0.717) is 5.75 Å². The SMILES string of the molecule is COc1ccc(/C=C/C(=O)c2ccc3c(c2O)OCO3)cc1. The molecule has 3 rings (SSSR count). The molecule has 0 saturated heterocycles. The minimum absolute atomic E-state index is 0.0439. The number of rotatable bonds is 4. The molecule has 112 valence electrons. The van der Waals surface area contributed by atoms with E-state index < -0.39 is 0 Å². The Balaban J connectivity index is 1.81. The van der Waals surface area contributed by atoms with Gasteiger partial charge in [-0.2, -0.15) is 0 Å². The average molecular weight is 298 g/mol. The van der Waals surface area contributed by atoms with Gasteiger partial charge in [0.1, 0.15) is 5.75 Å². The van der Waals surface area contributed by atoms with Gasteiger partial charge in [-0.1, -0.05) is 18.2 Å². The third kappa shape index (κ3) is 2.61. The van der Waals surface area contributed by atoms with Crippen LogP contribution in [0.25, 0.3) is 6.08 Å². The van der Waals surface area contributed by atoms with Gasteiger partial charge in [-0.25, -0.2) is 0 Å². The summed E-state index contributed by atoms with van der Waals surface area (Å²) in [5.74, 6) is 0.889. The quantitative estimate of drug-likeness (QED) is 0.694. The van der Waals surface area contributed by atoms with Gasteiger partial charge in [-0.05, 0) is 35.9 Å². The third-order valence-electron chi connectivity index (χ3n) is 3.32. The lowest BCUT2D eigenvalue weighted by Gasteiger charge is -2.04. The second-order valence-electron chi connectivity index (χ2n) is 4.67. The molecule has 2 aromatic rings. The summed E-state index contributed by atoms with van der Waals surface area (Å²) in [6.07, 6.45) is 3.07. The minimum Gasteiger partial charge on any atom is -0.504 e. The van der Waals surface area contributed by atoms with Crippen LogP contribution in [-0.2, 0) is 0 Å². The summed E-state index contributed by atoms with van der Waals surface area (Å²) in [6.45, 7) is 0.0439. The number of ketones is 1. The Bertz CT molecular complexity index is 731. The number of allylic oxidation sites excluding steroid dienone is 1. The van der Waals surface area contributed by atoms with E-state index in [-0.39, 0.29) is 29.6 Å². The first-order chi connectivity index (χ1) is 10.7. The number of carbonyl (C=O) groups excluding carboxylic acids is 1. The molecule has 2 aromatic carbocycles. The molecule has 0 radical (unpaired) electrons. The normalized spacial score (nSPS) is 12.6. The molecule has 5 heteroatoms. The van der Waals surface area contributed by atoms with Crippen molar-refractivity contribution in [1.29, 1.82) is 0 Å². The van der Waals surface area contributed by atoms with E-state index in [1.165, 1.54) is 12.1 Å². The molecule has 0 saturated carbocycles. The minimum atomic E-state index is -0.313. The zero-order valence-electron chi connectivity index (χ0n) is 11.9. The smallest absolute Gasteiger partial charge is 0.231 e. The molecule has 0 aromatic heterocycles. The maximum absolute atomic E-state index is 12.2. The third-order valence-corrected chi connectivity index (χ3v) is 3.32. The molecule has 0 atom stereocenters. The number of hydrogen-bond acceptors (Lipinski definition) is 5. The van der Waals surface area contributed by atoms with Crippen LogP contribution >= 0.6 is 0 Å². The Hall–Kier alpha value is -2.95. The molecule has 1 heterocycles. The number of carbonyl (C=O) groups is 1. The second kappa shape index (κ2) is 5.81. The highest BCUT2D eigenvalue weighted by Gasteiger charge is 2.22. The summed E-state index contributed by atoms with van der Waals surface area (Å²) in [5, 5.41) is 10.1. The molecule has 0 spiro atoms. The van der Waals surface area contributed by atoms with Gasteiger partial charge in [0.05, 0.1) is 12.7 Å². The number of ether oxygens (including phenoxy) is 3. The molecule has 5 nitrogen and oxygen atoms in total. The number of methoxy groups -OCH3 is 1. The van der Waals surface area contributed by atoms with Crippen molar-refractivity contribution in [2.45, 2.75) is 0 Å². The first-order valence-corrected chi connectivity index (χ1v) is 6.67. The highest BCUT2D eigenvalue weighted by molar-refractivity contribution is 6.09. The fourth-order valence-electron chi connectivity index (χ4n) is 2.13. The summed E-state index contributed by atoms with van der Waals surface area (Å²) in [6, 6.07) is 10.4. The average Bonchev–Trinajstić information content (AvgIpc) is 3.03. The van der Waals surface area contributed by atoms with E-state index in [4.69, 9.17) is 14.2 Å². The van der Waals surface area contributed by atoms with Gasteiger partial charge in [0.15, 0.2) is 17.3 Å². The largest absolute Gasteiger partial charge is 0.504 e. The van der Waals surface area contributed by atoms with Crippen molar-refractivity contribution in [2.24, 2.45) is 0 Å². The molecule has 0 amide bonds. The van der Waals surface area contributed by atoms with E-state index in [1.54, 1.807) is 19.3 Å². The van der Waals surface area contributed by atoms with Gasteiger partial charge >= 0.3 is 0 Å². The van der Waals surface area contributed by atoms with Crippen LogP contribution < -0.4 is 14.2 Å². The van der Waals surface area contributed by atoms with Gasteiger partial charge in [-0.15, -0.1) is 0 Å². The van der Waals surface area contributed by atoms with Crippen LogP contribution in [0.5, 0.6) is 23.0 Å². The van der Waals surface area contributed by atoms with E-state index in [9.17, 15) is 9.90 Å². The Labute approximate surface area is 127 Å². The van der Waals surface area contributed by atoms with Crippen LogP contribution in [0.3, 0.4) is 0 Å². The summed E-state index contributed by atoms with van der Waals surface area (Å²) in [4.78, 5) is 12.2. The zero-order chi connectivity index (χ0) is 15.5. The predicted molar refractivity (Wildman–Crippen MR) is 80.6 cm³/mol. The summed E-state index contributed by atoms with van der Waals surface area (Å²) >= 11 is 0. The van der Waals surface area contributed by atoms with Crippen molar-refractivity contribution in [1.82, 2.24) is 0 Å². The summed E-state index contributed by atoms with van der Waals surface area (Å²) in [5.41, 5.74) is 1.03. The van der Waals surface area contributed by atoms with Crippen molar-refractivity contribution < 1.29 is 24.1 Å². The lowest BCUT2D eigenvalue weighted by atomic mass is 10.1. The fourth-order valence-corrected chi connectivity index (χ4v) is 2.13. The maximum Gasteiger partial charge on any atom is 0.231 e. The van der Waals surface area contributed by atoms with Gasteiger partial charge in [0.25, 0.3) is 0 Å². The standard InChI is InChI=1S/C17H14O5/c1-20-12-5-2-11(3-6-12)4-8-14(18)13-7-9-15-17(16(13)19)22-10-21-15/h2-9,19H,10H2,1H3/b8-4+. The Morgan fingerprint density at radius 3 is 2.68 bits per heavy atom. The Morgan fingerprint density at radius 1 is 1.18 bits per heavy atom. The second-order valence-corrected chi connectivity index (χ2v) is 4.67. The lowest BCUT2D eigenvalue weighted by molar-refractivity contribution is 0.104. The van der Waals surface area contributed by atoms with Crippen molar-refractivity contribution in [3.8, 4) is 23.0 Å². The van der Waals surface area contributed by atoms with Crippen LogP contribution in [0.1, 0.15) is 15.9 Å². The summed E-state index contributed by atoms with van der Waals surface area (Å²) in [7, 11) is 1.59. The first-order valence-electron chi connectivity index (χ1n) is 6.67. The van der Waals surface area contributed by atoms with Crippen molar-refractivity contribution >= 4 is 11.9 Å². The lowest BCUT2D eigenvalue weighted by Crippen LogP contribution is -1.96. The van der Waals surface area contributed by atoms with E-state index in [1.807, 2.05) is 24.3 Å². The summed E-state index contributed by atoms with van der Waals surface area (Å²) < 4.78 is 15.4. The van der Waals surface area contributed by atoms with Crippen LogP contribution in [0.15, 0.2) is 42.5 Å². The van der Waals surface area contributed by atoms with E-state index in [2.05, 4.69) is 0 Å². The van der Waals surface area contributed by atoms with Crippen LogP contribution in [0.2, 0.25) is 0 Å². The number of phenolic OH excluding ortho intramolecular Hbond substituents is 1. The number of aromatic hydroxyl groups is 1. The maximum atomic E-state index is 12.2. The number of fused-ring (bicyclic) bond motifs is 1. The molecule has 1 aliphatic heterocycles. The van der Waals surface area contributed by atoms with Crippen LogP contribution in [-0.4, -0.2) is 24.8 Å².